The summed E-state index contributed by atoms with van der Waals surface area (Å²) < 4.78 is 5.42. The number of ether oxygens (including phenoxy) is 1. The molecule has 0 aliphatic heterocycles. The summed E-state index contributed by atoms with van der Waals surface area (Å²) in [6.07, 6.45) is 6.90. The second kappa shape index (κ2) is 6.73. The van der Waals surface area contributed by atoms with Gasteiger partial charge in [0.05, 0.1) is 11.4 Å². The summed E-state index contributed by atoms with van der Waals surface area (Å²) in [5.74, 6) is 2.09. The molecule has 94 valence electrons. The monoisotopic (exact) mass is 264 g/mol. The quantitative estimate of drug-likeness (QED) is 0.832. The number of carbonyl (C=O) groups is 1. The molecule has 0 radical (unpaired) electrons. The van der Waals surface area contributed by atoms with Crippen LogP contribution in [-0.4, -0.2) is 17.7 Å². The van der Waals surface area contributed by atoms with Gasteiger partial charge in [-0.1, -0.05) is 23.6 Å². The molecule has 3 nitrogen and oxygen atoms in total. The van der Waals surface area contributed by atoms with Crippen molar-refractivity contribution in [1.29, 1.82) is 0 Å². The first-order chi connectivity index (χ1) is 8.52. The molecule has 0 saturated carbocycles. The van der Waals surface area contributed by atoms with Gasteiger partial charge in [-0.05, 0) is 36.3 Å². The zero-order chi connectivity index (χ0) is 13.5. The smallest absolute Gasteiger partial charge is 0.307 e. The summed E-state index contributed by atoms with van der Waals surface area (Å²) in [5.41, 5.74) is 1.42. The Hall–Kier alpha value is -1.92. The topological polar surface area (TPSA) is 46.5 Å². The summed E-state index contributed by atoms with van der Waals surface area (Å²) in [6, 6.07) is 4.91. The molecule has 0 aliphatic carbocycles. The van der Waals surface area contributed by atoms with Crippen molar-refractivity contribution >= 4 is 17.6 Å². The van der Waals surface area contributed by atoms with E-state index < -0.39 is 5.97 Å². The van der Waals surface area contributed by atoms with Gasteiger partial charge in [0.1, 0.15) is 12.4 Å². The van der Waals surface area contributed by atoms with Crippen LogP contribution in [0.25, 0.3) is 0 Å². The highest BCUT2D eigenvalue weighted by atomic mass is 35.5. The maximum atomic E-state index is 10.5. The average molecular weight is 265 g/mol. The van der Waals surface area contributed by atoms with Crippen molar-refractivity contribution < 1.29 is 14.6 Å². The molecular weight excluding hydrogens is 252 g/mol. The molecule has 0 heterocycles. The van der Waals surface area contributed by atoms with Crippen molar-refractivity contribution in [3.8, 4) is 18.1 Å². The summed E-state index contributed by atoms with van der Waals surface area (Å²) >= 11 is 5.98. The van der Waals surface area contributed by atoms with Gasteiger partial charge in [0.15, 0.2) is 0 Å². The fraction of sp³-hybridized carbons (Fsp3) is 0.214. The lowest BCUT2D eigenvalue weighted by molar-refractivity contribution is -0.136. The Kier molecular flexibility index (Phi) is 5.29. The zero-order valence-electron chi connectivity index (χ0n) is 9.94. The largest absolute Gasteiger partial charge is 0.488 e. The first kappa shape index (κ1) is 14.1. The molecule has 4 heteroatoms. The van der Waals surface area contributed by atoms with Crippen molar-refractivity contribution in [2.75, 3.05) is 6.61 Å². The van der Waals surface area contributed by atoms with Crippen LogP contribution in [0.15, 0.2) is 29.8 Å². The van der Waals surface area contributed by atoms with Crippen LogP contribution in [-0.2, 0) is 11.2 Å². The predicted octanol–water partition coefficient (Wildman–Crippen LogP) is 2.93. The Morgan fingerprint density at radius 2 is 2.33 bits per heavy atom. The van der Waals surface area contributed by atoms with E-state index in [4.69, 9.17) is 27.9 Å². The molecule has 0 bridgehead atoms. The minimum absolute atomic E-state index is 0.0594. The van der Waals surface area contributed by atoms with E-state index in [0.717, 1.165) is 5.57 Å². The first-order valence-electron chi connectivity index (χ1n) is 5.29. The van der Waals surface area contributed by atoms with Crippen LogP contribution in [0, 0.1) is 12.3 Å². The van der Waals surface area contributed by atoms with Crippen molar-refractivity contribution in [2.45, 2.75) is 13.3 Å². The van der Waals surface area contributed by atoms with Crippen molar-refractivity contribution in [2.24, 2.45) is 0 Å². The molecule has 0 unspecified atom stereocenters. The first-order valence-corrected chi connectivity index (χ1v) is 5.67. The van der Waals surface area contributed by atoms with Crippen LogP contribution in [0.5, 0.6) is 5.75 Å². The van der Waals surface area contributed by atoms with Crippen LogP contribution in [0.1, 0.15) is 12.5 Å². The molecule has 0 spiro atoms. The van der Waals surface area contributed by atoms with Gasteiger partial charge in [-0.25, -0.2) is 0 Å². The van der Waals surface area contributed by atoms with Crippen LogP contribution in [0.3, 0.4) is 0 Å². The number of benzene rings is 1. The van der Waals surface area contributed by atoms with Gasteiger partial charge in [0.25, 0.3) is 0 Å². The summed E-state index contributed by atoms with van der Waals surface area (Å²) in [5, 5.41) is 9.05. The van der Waals surface area contributed by atoms with Crippen molar-refractivity contribution in [1.82, 2.24) is 0 Å². The molecule has 18 heavy (non-hydrogen) atoms. The molecule has 0 fully saturated rings. The SMILES string of the molecule is C#CC(C)=CCOc1ccc(CC(=O)O)cc1Cl. The molecule has 1 aromatic rings. The number of allylic oxidation sites excluding steroid dienone is 1. The Labute approximate surface area is 111 Å². The fourth-order valence-electron chi connectivity index (χ4n) is 1.26. The lowest BCUT2D eigenvalue weighted by atomic mass is 10.1. The number of hydrogen-bond acceptors (Lipinski definition) is 2. The number of terminal acetylenes is 1. The second-order valence-electron chi connectivity index (χ2n) is 3.68. The maximum Gasteiger partial charge on any atom is 0.307 e. The highest BCUT2D eigenvalue weighted by Gasteiger charge is 2.05. The molecule has 0 amide bonds. The van der Waals surface area contributed by atoms with Crippen LogP contribution >= 0.6 is 11.6 Å². The average Bonchev–Trinajstić information content (AvgIpc) is 2.31. The lowest BCUT2D eigenvalue weighted by Crippen LogP contribution is -2.01. The number of aliphatic carboxylic acids is 1. The zero-order valence-corrected chi connectivity index (χ0v) is 10.7. The molecule has 1 aromatic carbocycles. The molecule has 0 aliphatic rings. The van der Waals surface area contributed by atoms with Gasteiger partial charge < -0.3 is 9.84 Å². The van der Waals surface area contributed by atoms with E-state index in [0.29, 0.717) is 22.9 Å². The highest BCUT2D eigenvalue weighted by molar-refractivity contribution is 6.32. The maximum absolute atomic E-state index is 10.5. The van der Waals surface area contributed by atoms with E-state index in [1.165, 1.54) is 0 Å². The minimum Gasteiger partial charge on any atom is -0.488 e. The molecular formula is C14H13ClO3. The standard InChI is InChI=1S/C14H13ClO3/c1-3-10(2)6-7-18-13-5-4-11(8-12(13)15)9-14(16)17/h1,4-6,8H,7,9H2,2H3,(H,16,17). The van der Waals surface area contributed by atoms with E-state index in [-0.39, 0.29) is 6.42 Å². The fourth-order valence-corrected chi connectivity index (χ4v) is 1.52. The third-order valence-corrected chi connectivity index (χ3v) is 2.50. The summed E-state index contributed by atoms with van der Waals surface area (Å²) in [6.45, 7) is 2.13. The minimum atomic E-state index is -0.896. The van der Waals surface area contributed by atoms with Crippen LogP contribution in [0.4, 0.5) is 0 Å². The highest BCUT2D eigenvalue weighted by Crippen LogP contribution is 2.25. The number of rotatable bonds is 5. The summed E-state index contributed by atoms with van der Waals surface area (Å²) in [4.78, 5) is 10.5. The molecule has 1 rings (SSSR count). The third kappa shape index (κ3) is 4.52. The lowest BCUT2D eigenvalue weighted by Gasteiger charge is -2.07. The molecule has 0 aromatic heterocycles. The Morgan fingerprint density at radius 3 is 2.89 bits per heavy atom. The van der Waals surface area contributed by atoms with Gasteiger partial charge in [-0.3, -0.25) is 4.79 Å². The van der Waals surface area contributed by atoms with Crippen molar-refractivity contribution in [3.63, 3.8) is 0 Å². The van der Waals surface area contributed by atoms with Crippen molar-refractivity contribution in [3.05, 3.63) is 40.4 Å². The van der Waals surface area contributed by atoms with E-state index in [1.54, 1.807) is 31.2 Å². The number of carboxylic acid groups (broad SMARTS) is 1. The molecule has 0 atom stereocenters. The van der Waals surface area contributed by atoms with E-state index in [1.807, 2.05) is 0 Å². The van der Waals surface area contributed by atoms with Gasteiger partial charge >= 0.3 is 5.97 Å². The Morgan fingerprint density at radius 1 is 1.61 bits per heavy atom. The van der Waals surface area contributed by atoms with Crippen LogP contribution in [0.2, 0.25) is 5.02 Å². The molecule has 0 saturated heterocycles. The van der Waals surface area contributed by atoms with E-state index in [9.17, 15) is 4.79 Å². The van der Waals surface area contributed by atoms with E-state index in [2.05, 4.69) is 5.92 Å². The Bertz CT molecular complexity index is 512. The van der Waals surface area contributed by atoms with Gasteiger partial charge in [0.2, 0.25) is 0 Å². The number of halogens is 1. The van der Waals surface area contributed by atoms with Gasteiger partial charge in [-0.2, -0.15) is 0 Å². The van der Waals surface area contributed by atoms with E-state index >= 15 is 0 Å². The predicted molar refractivity (Wildman–Crippen MR) is 70.9 cm³/mol. The normalized spacial score (nSPS) is 10.8. The Balaban J connectivity index is 2.69. The second-order valence-corrected chi connectivity index (χ2v) is 4.08. The van der Waals surface area contributed by atoms with Crippen LogP contribution < -0.4 is 4.74 Å². The number of carboxylic acids is 1. The number of hydrogen-bond donors (Lipinski definition) is 1. The third-order valence-electron chi connectivity index (χ3n) is 2.21. The van der Waals surface area contributed by atoms with Gasteiger partial charge in [-0.15, -0.1) is 6.42 Å². The summed E-state index contributed by atoms with van der Waals surface area (Å²) in [7, 11) is 0. The molecule has 1 N–H and O–H groups in total. The van der Waals surface area contributed by atoms with Gasteiger partial charge in [0, 0.05) is 0 Å².